The summed E-state index contributed by atoms with van der Waals surface area (Å²) in [5.74, 6) is 1.44. The normalized spacial score (nSPS) is 21.7. The van der Waals surface area contributed by atoms with Gasteiger partial charge in [-0.1, -0.05) is 174 Å². The third-order valence-electron chi connectivity index (χ3n) is 16.9. The molecule has 1 amide bonds. The SMILES string of the molecule is COc1ccc(C(OC[C@H]2O[C@@H](n3cnc4c(NC(C)=O)ncnc43)[C@H](OCO[Si](C(C)C)(C(C)C)C(C)C)[C@@H]2O[P@@]2O[C@@H](C[Si](C)(c3ccccc3)c3ccccc3)[C@H]3CCCN32)(c2ccccc2)c2ccc(OC)cc2)cc1. The molecule has 0 spiro atoms. The first-order chi connectivity index (χ1) is 38.7. The zero-order chi connectivity index (χ0) is 56.2. The molecule has 3 fully saturated rings. The number of hydrogen-bond donors (Lipinski definition) is 1. The van der Waals surface area contributed by atoms with Crippen LogP contribution in [0, 0.1) is 0 Å². The second-order valence-corrected chi connectivity index (χ2v) is 33.5. The fourth-order valence-corrected chi connectivity index (χ4v) is 24.3. The monoisotopic (exact) mass is 1140 g/mol. The van der Waals surface area contributed by atoms with Crippen LogP contribution in [0.3, 0.4) is 0 Å². The van der Waals surface area contributed by atoms with Crippen molar-refractivity contribution in [3.63, 3.8) is 0 Å². The van der Waals surface area contributed by atoms with Gasteiger partial charge < -0.3 is 42.5 Å². The molecule has 3 saturated heterocycles. The van der Waals surface area contributed by atoms with Crippen molar-refractivity contribution < 1.29 is 42.0 Å². The van der Waals surface area contributed by atoms with Gasteiger partial charge in [-0.2, -0.15) is 0 Å². The van der Waals surface area contributed by atoms with Crippen molar-refractivity contribution in [2.75, 3.05) is 39.5 Å². The van der Waals surface area contributed by atoms with Gasteiger partial charge in [0.1, 0.15) is 56.6 Å². The lowest BCUT2D eigenvalue weighted by Crippen LogP contribution is -2.58. The Labute approximate surface area is 474 Å². The average molecular weight is 1140 g/mol. The summed E-state index contributed by atoms with van der Waals surface area (Å²) in [5.41, 5.74) is 3.23. The maximum Gasteiger partial charge on any atom is 0.259 e. The van der Waals surface area contributed by atoms with Gasteiger partial charge in [0.25, 0.3) is 8.53 Å². The van der Waals surface area contributed by atoms with E-state index in [1.165, 1.54) is 23.6 Å². The molecule has 7 aromatic rings. The van der Waals surface area contributed by atoms with E-state index in [1.54, 1.807) is 20.5 Å². The van der Waals surface area contributed by atoms with Crippen LogP contribution < -0.4 is 25.2 Å². The molecule has 422 valence electrons. The number of benzene rings is 5. The van der Waals surface area contributed by atoms with Crippen LogP contribution in [0.2, 0.25) is 29.2 Å². The Bertz CT molecular complexity index is 3030. The Hall–Kier alpha value is -5.70. The number of imidazole rings is 1. The molecule has 0 aliphatic carbocycles. The van der Waals surface area contributed by atoms with Crippen molar-refractivity contribution in [2.45, 2.75) is 133 Å². The van der Waals surface area contributed by atoms with Crippen molar-refractivity contribution >= 4 is 58.2 Å². The molecule has 7 atom stereocenters. The lowest BCUT2D eigenvalue weighted by atomic mass is 9.80. The van der Waals surface area contributed by atoms with Crippen molar-refractivity contribution in [1.82, 2.24) is 24.2 Å². The molecule has 15 nitrogen and oxygen atoms in total. The largest absolute Gasteiger partial charge is 0.497 e. The zero-order valence-electron chi connectivity index (χ0n) is 47.7. The van der Waals surface area contributed by atoms with Gasteiger partial charge in [0.15, 0.2) is 23.2 Å². The summed E-state index contributed by atoms with van der Waals surface area (Å²) in [5, 5.41) is 5.58. The van der Waals surface area contributed by atoms with Crippen molar-refractivity contribution in [3.8, 4) is 11.5 Å². The highest BCUT2D eigenvalue weighted by Gasteiger charge is 2.56. The summed E-state index contributed by atoms with van der Waals surface area (Å²) in [6.45, 7) is 18.4. The highest BCUT2D eigenvalue weighted by atomic mass is 31.2. The molecule has 5 aromatic carbocycles. The Balaban J connectivity index is 1.09. The number of carbonyl (C=O) groups excluding carboxylic acids is 1. The van der Waals surface area contributed by atoms with Crippen molar-refractivity contribution in [2.24, 2.45) is 0 Å². The number of amides is 1. The molecule has 3 aliphatic rings. The Kier molecular flexibility index (Phi) is 17.8. The standard InChI is InChI=1S/C62H77N6O9PSi2/c1-42(2)80(43(3)4,44(5)6)74-41-72-58-57(77-78-68-36-20-27-53(68)55(76-78)38-79(10,51-23-16-12-17-24-51)52-25-18-13-19-26-52)54(75-61(58)67-40-65-56-59(66-45(7)69)63-39-64-60(56)67)37-73-62(46-21-14-11-15-22-46,47-28-32-49(70-8)33-29-47)48-30-34-50(71-9)35-31-48/h11-19,21-26,28-35,39-40,42-44,53-55,57-58,61H,20,27,36-38,41H2,1-10H3,(H,63,64,66,69)/t53-,54-,55+,57-,58-,61-,78-/m1/s1. The molecule has 0 radical (unpaired) electrons. The molecule has 10 rings (SSSR count). The lowest BCUT2D eigenvalue weighted by molar-refractivity contribution is -0.114. The molecular formula is C62H77N6O9PSi2. The summed E-state index contributed by atoms with van der Waals surface area (Å²) in [7, 11) is -3.16. The van der Waals surface area contributed by atoms with Gasteiger partial charge in [0, 0.05) is 19.5 Å². The van der Waals surface area contributed by atoms with Crippen LogP contribution in [0.1, 0.15) is 84.2 Å². The molecule has 0 unspecified atom stereocenters. The van der Waals surface area contributed by atoms with Gasteiger partial charge in [-0.3, -0.25) is 9.36 Å². The van der Waals surface area contributed by atoms with Crippen LogP contribution in [0.5, 0.6) is 11.5 Å². The number of hydrogen-bond acceptors (Lipinski definition) is 13. The number of nitrogens with one attached hydrogen (secondary N) is 1. The van der Waals surface area contributed by atoms with Gasteiger partial charge in [0.05, 0.1) is 33.3 Å². The van der Waals surface area contributed by atoms with E-state index in [2.05, 4.69) is 160 Å². The Morgan fingerprint density at radius 1 is 0.738 bits per heavy atom. The summed E-state index contributed by atoms with van der Waals surface area (Å²) < 4.78 is 60.5. The first kappa shape index (κ1) is 57.5. The van der Waals surface area contributed by atoms with Crippen LogP contribution in [0.4, 0.5) is 5.82 Å². The molecule has 0 saturated carbocycles. The molecule has 80 heavy (non-hydrogen) atoms. The number of anilines is 1. The molecule has 1 N–H and O–H groups in total. The van der Waals surface area contributed by atoms with Gasteiger partial charge in [-0.25, -0.2) is 19.6 Å². The summed E-state index contributed by atoms with van der Waals surface area (Å²) in [6.07, 6.45) is 1.77. The van der Waals surface area contributed by atoms with Crippen LogP contribution in [-0.4, -0.2) is 111 Å². The smallest absolute Gasteiger partial charge is 0.259 e. The van der Waals surface area contributed by atoms with Crippen LogP contribution >= 0.6 is 8.53 Å². The summed E-state index contributed by atoms with van der Waals surface area (Å²) in [6, 6.07) is 49.3. The number of rotatable bonds is 23. The van der Waals surface area contributed by atoms with E-state index in [1.807, 2.05) is 47.0 Å². The van der Waals surface area contributed by atoms with E-state index < -0.39 is 55.1 Å². The number of methoxy groups -OCH3 is 2. The van der Waals surface area contributed by atoms with E-state index in [9.17, 15) is 4.79 Å². The quantitative estimate of drug-likeness (QED) is 0.0280. The second kappa shape index (κ2) is 24.8. The fraction of sp³-hybridized carbons (Fsp3) is 0.419. The number of aromatic nitrogens is 4. The topological polar surface area (TPSA) is 150 Å². The van der Waals surface area contributed by atoms with E-state index in [0.29, 0.717) is 39.3 Å². The minimum atomic E-state index is -2.46. The molecule has 5 heterocycles. The van der Waals surface area contributed by atoms with E-state index in [0.717, 1.165) is 42.1 Å². The molecule has 2 aromatic heterocycles. The summed E-state index contributed by atoms with van der Waals surface area (Å²) in [4.78, 5) is 26.5. The van der Waals surface area contributed by atoms with Gasteiger partial charge in [-0.05, 0) is 76.5 Å². The average Bonchev–Trinajstić information content (AvgIpc) is 4.20. The van der Waals surface area contributed by atoms with Crippen LogP contribution in [0.25, 0.3) is 11.2 Å². The summed E-state index contributed by atoms with van der Waals surface area (Å²) >= 11 is 0. The number of fused-ring (bicyclic) bond motifs is 2. The molecule has 18 heteroatoms. The number of nitrogens with zero attached hydrogens (tertiary/aromatic N) is 5. The lowest BCUT2D eigenvalue weighted by Gasteiger charge is -2.42. The Morgan fingerprint density at radius 2 is 1.30 bits per heavy atom. The van der Waals surface area contributed by atoms with Gasteiger partial charge in [-0.15, -0.1) is 0 Å². The van der Waals surface area contributed by atoms with E-state index >= 15 is 0 Å². The third-order valence-corrected chi connectivity index (χ3v) is 29.2. The van der Waals surface area contributed by atoms with Crippen LogP contribution in [0.15, 0.2) is 152 Å². The molecular weight excluding hydrogens is 1060 g/mol. The number of ether oxygens (including phenoxy) is 5. The zero-order valence-corrected chi connectivity index (χ0v) is 50.6. The third kappa shape index (κ3) is 11.2. The second-order valence-electron chi connectivity index (χ2n) is 22.4. The van der Waals surface area contributed by atoms with Crippen LogP contribution in [-0.2, 0) is 38.1 Å². The number of carbonyl (C=O) groups is 1. The highest BCUT2D eigenvalue weighted by Crippen LogP contribution is 2.59. The predicted octanol–water partition coefficient (Wildman–Crippen LogP) is 11.6. The van der Waals surface area contributed by atoms with Gasteiger partial charge in [0.2, 0.25) is 14.2 Å². The minimum Gasteiger partial charge on any atom is -0.497 e. The minimum absolute atomic E-state index is 0.00498. The first-order valence-electron chi connectivity index (χ1n) is 28.1. The van der Waals surface area contributed by atoms with Gasteiger partial charge >= 0.3 is 0 Å². The van der Waals surface area contributed by atoms with E-state index in [4.69, 9.17) is 47.1 Å². The van der Waals surface area contributed by atoms with E-state index in [-0.39, 0.29) is 37.3 Å². The highest BCUT2D eigenvalue weighted by molar-refractivity contribution is 7.45. The molecule has 0 bridgehead atoms. The van der Waals surface area contributed by atoms with Crippen molar-refractivity contribution in [3.05, 3.63) is 169 Å². The fourth-order valence-electron chi connectivity index (χ4n) is 13.0. The van der Waals surface area contributed by atoms with Crippen molar-refractivity contribution in [1.29, 1.82) is 0 Å². The maximum atomic E-state index is 12.5. The Morgan fingerprint density at radius 3 is 1.85 bits per heavy atom. The predicted molar refractivity (Wildman–Crippen MR) is 319 cm³/mol. The maximum absolute atomic E-state index is 12.5. The first-order valence-corrected chi connectivity index (χ1v) is 34.1. The molecule has 3 aliphatic heterocycles.